The molecule has 5 nitrogen and oxygen atoms in total. The quantitative estimate of drug-likeness (QED) is 0.814. The van der Waals surface area contributed by atoms with E-state index >= 15 is 0 Å². The predicted octanol–water partition coefficient (Wildman–Crippen LogP) is 1.39. The highest BCUT2D eigenvalue weighted by molar-refractivity contribution is 5.86. The smallest absolute Gasteiger partial charge is 0.224 e. The molecule has 100 valence electrons. The number of likely N-dealkylation sites (N-methyl/N-ethyl adjacent to an activating group) is 1. The van der Waals surface area contributed by atoms with Crippen molar-refractivity contribution in [2.45, 2.75) is 0 Å². The lowest BCUT2D eigenvalue weighted by Crippen LogP contribution is -2.44. The summed E-state index contributed by atoms with van der Waals surface area (Å²) >= 11 is 0. The molecule has 0 amide bonds. The Hall–Kier alpha value is -1.88. The molecule has 3 rings (SSSR count). The molecule has 1 aromatic carbocycles. The van der Waals surface area contributed by atoms with Gasteiger partial charge in [-0.15, -0.1) is 0 Å². The Balaban J connectivity index is 1.96. The van der Waals surface area contributed by atoms with E-state index in [1.165, 1.54) is 12.0 Å². The molecule has 0 atom stereocenters. The van der Waals surface area contributed by atoms with Gasteiger partial charge in [0.25, 0.3) is 0 Å². The molecule has 19 heavy (non-hydrogen) atoms. The van der Waals surface area contributed by atoms with Crippen LogP contribution in [0.3, 0.4) is 0 Å². The third-order valence-electron chi connectivity index (χ3n) is 3.64. The summed E-state index contributed by atoms with van der Waals surface area (Å²) in [4.78, 5) is 13.2. The van der Waals surface area contributed by atoms with E-state index in [1.807, 2.05) is 6.07 Å². The molecule has 1 aromatic heterocycles. The number of hydrogen-bond acceptors (Lipinski definition) is 5. The third kappa shape index (κ3) is 2.33. The summed E-state index contributed by atoms with van der Waals surface area (Å²) < 4.78 is 5.31. The molecule has 2 heterocycles. The largest absolute Gasteiger partial charge is 0.480 e. The van der Waals surface area contributed by atoms with Crippen LogP contribution < -0.4 is 9.64 Å². The Labute approximate surface area is 112 Å². The summed E-state index contributed by atoms with van der Waals surface area (Å²) in [6, 6.07) is 6.28. The number of aromatic nitrogens is 2. The van der Waals surface area contributed by atoms with Crippen LogP contribution in [0.1, 0.15) is 0 Å². The molecule has 1 fully saturated rings. The van der Waals surface area contributed by atoms with Crippen LogP contribution >= 0.6 is 0 Å². The number of nitrogens with zero attached hydrogens (tertiary/aromatic N) is 4. The summed E-state index contributed by atoms with van der Waals surface area (Å²) in [5.74, 6) is 0.640. The SMILES string of the molecule is COc1ncnc2ccc(N3CCN(C)CC3)cc12. The van der Waals surface area contributed by atoms with E-state index in [0.717, 1.165) is 37.1 Å². The average molecular weight is 258 g/mol. The van der Waals surface area contributed by atoms with Gasteiger partial charge in [-0.25, -0.2) is 9.97 Å². The molecule has 0 unspecified atom stereocenters. The number of fused-ring (bicyclic) bond motifs is 1. The maximum atomic E-state index is 5.31. The molecule has 0 bridgehead atoms. The zero-order valence-electron chi connectivity index (χ0n) is 11.3. The second-order valence-corrected chi connectivity index (χ2v) is 4.87. The molecule has 2 aromatic rings. The van der Waals surface area contributed by atoms with E-state index in [-0.39, 0.29) is 0 Å². The minimum atomic E-state index is 0.640. The topological polar surface area (TPSA) is 41.5 Å². The highest BCUT2D eigenvalue weighted by Crippen LogP contribution is 2.26. The van der Waals surface area contributed by atoms with Crippen LogP contribution in [-0.2, 0) is 0 Å². The lowest BCUT2D eigenvalue weighted by molar-refractivity contribution is 0.313. The average Bonchev–Trinajstić information content (AvgIpc) is 2.47. The number of piperazine rings is 1. The first-order valence-electron chi connectivity index (χ1n) is 6.50. The summed E-state index contributed by atoms with van der Waals surface area (Å²) in [7, 11) is 3.80. The Bertz CT molecular complexity index is 579. The Morgan fingerprint density at radius 1 is 1.11 bits per heavy atom. The first-order chi connectivity index (χ1) is 9.28. The standard InChI is InChI=1S/C14H18N4O/c1-17-5-7-18(8-6-17)11-3-4-13-12(9-11)14(19-2)16-10-15-13/h3-4,9-10H,5-8H2,1-2H3. The number of ether oxygens (including phenoxy) is 1. The van der Waals surface area contributed by atoms with Gasteiger partial charge in [-0.2, -0.15) is 0 Å². The van der Waals surface area contributed by atoms with Gasteiger partial charge in [0, 0.05) is 31.9 Å². The molecule has 1 aliphatic rings. The van der Waals surface area contributed by atoms with Crippen LogP contribution in [0.15, 0.2) is 24.5 Å². The van der Waals surface area contributed by atoms with Gasteiger partial charge >= 0.3 is 0 Å². The van der Waals surface area contributed by atoms with E-state index in [2.05, 4.69) is 38.9 Å². The first-order valence-corrected chi connectivity index (χ1v) is 6.50. The van der Waals surface area contributed by atoms with Crippen molar-refractivity contribution in [3.8, 4) is 5.88 Å². The number of methoxy groups -OCH3 is 1. The van der Waals surface area contributed by atoms with Crippen molar-refractivity contribution >= 4 is 16.6 Å². The minimum absolute atomic E-state index is 0.640. The molecule has 1 saturated heterocycles. The molecular formula is C14H18N4O. The monoisotopic (exact) mass is 258 g/mol. The molecule has 0 saturated carbocycles. The lowest BCUT2D eigenvalue weighted by Gasteiger charge is -2.34. The van der Waals surface area contributed by atoms with E-state index in [0.29, 0.717) is 5.88 Å². The van der Waals surface area contributed by atoms with Crippen molar-refractivity contribution < 1.29 is 4.74 Å². The number of benzene rings is 1. The summed E-state index contributed by atoms with van der Waals surface area (Å²) in [6.07, 6.45) is 1.54. The van der Waals surface area contributed by atoms with Gasteiger partial charge in [0.1, 0.15) is 6.33 Å². The molecule has 0 radical (unpaired) electrons. The van der Waals surface area contributed by atoms with E-state index in [9.17, 15) is 0 Å². The Kier molecular flexibility index (Phi) is 3.21. The van der Waals surface area contributed by atoms with Crippen LogP contribution in [0.5, 0.6) is 5.88 Å². The number of rotatable bonds is 2. The molecule has 1 aliphatic heterocycles. The summed E-state index contributed by atoms with van der Waals surface area (Å²) in [5, 5.41) is 0.974. The minimum Gasteiger partial charge on any atom is -0.480 e. The zero-order valence-corrected chi connectivity index (χ0v) is 11.3. The van der Waals surface area contributed by atoms with Gasteiger partial charge in [0.05, 0.1) is 18.0 Å². The van der Waals surface area contributed by atoms with Crippen LogP contribution in [-0.4, -0.2) is 55.2 Å². The highest BCUT2D eigenvalue weighted by atomic mass is 16.5. The predicted molar refractivity (Wildman–Crippen MR) is 75.8 cm³/mol. The molecular weight excluding hydrogens is 240 g/mol. The fourth-order valence-electron chi connectivity index (χ4n) is 2.44. The molecule has 0 N–H and O–H groups in total. The van der Waals surface area contributed by atoms with Gasteiger partial charge in [-0.3, -0.25) is 0 Å². The molecule has 0 aliphatic carbocycles. The van der Waals surface area contributed by atoms with Gasteiger partial charge in [-0.05, 0) is 25.2 Å². The normalized spacial score (nSPS) is 16.8. The van der Waals surface area contributed by atoms with Crippen LogP contribution in [0.2, 0.25) is 0 Å². The number of anilines is 1. The second kappa shape index (κ2) is 5.01. The Morgan fingerprint density at radius 3 is 2.63 bits per heavy atom. The number of hydrogen-bond donors (Lipinski definition) is 0. The van der Waals surface area contributed by atoms with Gasteiger partial charge < -0.3 is 14.5 Å². The molecule has 5 heteroatoms. The summed E-state index contributed by atoms with van der Waals surface area (Å²) in [5.41, 5.74) is 2.14. The van der Waals surface area contributed by atoms with Crippen molar-refractivity contribution in [2.75, 3.05) is 45.2 Å². The van der Waals surface area contributed by atoms with Crippen LogP contribution in [0, 0.1) is 0 Å². The summed E-state index contributed by atoms with van der Waals surface area (Å²) in [6.45, 7) is 4.30. The van der Waals surface area contributed by atoms with Gasteiger partial charge in [-0.1, -0.05) is 0 Å². The van der Waals surface area contributed by atoms with Gasteiger partial charge in [0.2, 0.25) is 5.88 Å². The highest BCUT2D eigenvalue weighted by Gasteiger charge is 2.15. The zero-order chi connectivity index (χ0) is 13.2. The van der Waals surface area contributed by atoms with Crippen molar-refractivity contribution in [2.24, 2.45) is 0 Å². The fraction of sp³-hybridized carbons (Fsp3) is 0.429. The van der Waals surface area contributed by atoms with E-state index < -0.39 is 0 Å². The van der Waals surface area contributed by atoms with E-state index in [1.54, 1.807) is 7.11 Å². The lowest BCUT2D eigenvalue weighted by atomic mass is 10.2. The van der Waals surface area contributed by atoms with Crippen molar-refractivity contribution in [1.82, 2.24) is 14.9 Å². The second-order valence-electron chi connectivity index (χ2n) is 4.87. The molecule has 0 spiro atoms. The maximum Gasteiger partial charge on any atom is 0.224 e. The van der Waals surface area contributed by atoms with Crippen LogP contribution in [0.4, 0.5) is 5.69 Å². The third-order valence-corrected chi connectivity index (χ3v) is 3.64. The van der Waals surface area contributed by atoms with Crippen molar-refractivity contribution in [3.63, 3.8) is 0 Å². The first kappa shape index (κ1) is 12.2. The fourth-order valence-corrected chi connectivity index (χ4v) is 2.44. The van der Waals surface area contributed by atoms with Gasteiger partial charge in [0.15, 0.2) is 0 Å². The van der Waals surface area contributed by atoms with Crippen LogP contribution in [0.25, 0.3) is 10.9 Å². The maximum absolute atomic E-state index is 5.31. The van der Waals surface area contributed by atoms with Crippen molar-refractivity contribution in [3.05, 3.63) is 24.5 Å². The van der Waals surface area contributed by atoms with E-state index in [4.69, 9.17) is 4.74 Å². The Morgan fingerprint density at radius 2 is 1.89 bits per heavy atom. The van der Waals surface area contributed by atoms with Crippen molar-refractivity contribution in [1.29, 1.82) is 0 Å².